The number of ether oxygens (including phenoxy) is 4. The SMILES string of the molecule is COCC(=O)N1CCO[C@H]2[C@H]1CC[C@H]2OCC1CCOCC1. The third-order valence-electron chi connectivity index (χ3n) is 5.01. The van der Waals surface area contributed by atoms with Gasteiger partial charge in [0.1, 0.15) is 12.7 Å². The van der Waals surface area contributed by atoms with Crippen molar-refractivity contribution in [2.24, 2.45) is 5.92 Å². The average Bonchev–Trinajstić information content (AvgIpc) is 2.97. The Balaban J connectivity index is 1.52. The molecule has 126 valence electrons. The Labute approximate surface area is 132 Å². The Bertz CT molecular complexity index is 372. The number of carbonyl (C=O) groups is 1. The lowest BCUT2D eigenvalue weighted by Crippen LogP contribution is -2.54. The third kappa shape index (κ3) is 3.62. The van der Waals surface area contributed by atoms with Crippen molar-refractivity contribution < 1.29 is 23.7 Å². The highest BCUT2D eigenvalue weighted by Gasteiger charge is 2.45. The Morgan fingerprint density at radius 1 is 1.18 bits per heavy atom. The summed E-state index contributed by atoms with van der Waals surface area (Å²) in [5.74, 6) is 0.661. The topological polar surface area (TPSA) is 57.2 Å². The van der Waals surface area contributed by atoms with Gasteiger partial charge < -0.3 is 23.8 Å². The summed E-state index contributed by atoms with van der Waals surface area (Å²) in [7, 11) is 1.56. The van der Waals surface area contributed by atoms with Crippen LogP contribution in [-0.2, 0) is 23.7 Å². The largest absolute Gasteiger partial charge is 0.381 e. The molecule has 2 aliphatic heterocycles. The lowest BCUT2D eigenvalue weighted by atomic mass is 10.0. The molecule has 1 aliphatic carbocycles. The van der Waals surface area contributed by atoms with E-state index in [1.165, 1.54) is 0 Å². The molecule has 1 saturated carbocycles. The van der Waals surface area contributed by atoms with E-state index in [1.54, 1.807) is 7.11 Å². The van der Waals surface area contributed by atoms with E-state index < -0.39 is 0 Å². The van der Waals surface area contributed by atoms with Gasteiger partial charge in [0.25, 0.3) is 0 Å². The van der Waals surface area contributed by atoms with Gasteiger partial charge in [-0.1, -0.05) is 0 Å². The van der Waals surface area contributed by atoms with Gasteiger partial charge in [-0.3, -0.25) is 4.79 Å². The zero-order valence-corrected chi connectivity index (χ0v) is 13.4. The maximum atomic E-state index is 12.1. The lowest BCUT2D eigenvalue weighted by Gasteiger charge is -2.39. The zero-order chi connectivity index (χ0) is 15.4. The van der Waals surface area contributed by atoms with Crippen LogP contribution in [0.15, 0.2) is 0 Å². The Hall–Kier alpha value is -0.690. The highest BCUT2D eigenvalue weighted by atomic mass is 16.5. The van der Waals surface area contributed by atoms with Crippen molar-refractivity contribution in [1.29, 1.82) is 0 Å². The van der Waals surface area contributed by atoms with Gasteiger partial charge in [-0.15, -0.1) is 0 Å². The summed E-state index contributed by atoms with van der Waals surface area (Å²) < 4.78 is 22.4. The first kappa shape index (κ1) is 16.2. The predicted octanol–water partition coefficient (Wildman–Crippen LogP) is 0.834. The van der Waals surface area contributed by atoms with Crippen LogP contribution in [0, 0.1) is 5.92 Å². The van der Waals surface area contributed by atoms with Crippen LogP contribution in [0.5, 0.6) is 0 Å². The number of hydrogen-bond donors (Lipinski definition) is 0. The molecule has 2 saturated heterocycles. The van der Waals surface area contributed by atoms with E-state index in [1.807, 2.05) is 4.90 Å². The number of hydrogen-bond acceptors (Lipinski definition) is 5. The van der Waals surface area contributed by atoms with Crippen molar-refractivity contribution in [3.05, 3.63) is 0 Å². The standard InChI is InChI=1S/C16H27NO5/c1-19-11-15(18)17-6-9-21-16-13(17)2-3-14(16)22-10-12-4-7-20-8-5-12/h12-14,16H,2-11H2,1H3/t13-,14-,16+/m1/s1. The van der Waals surface area contributed by atoms with Gasteiger partial charge in [0.15, 0.2) is 0 Å². The molecule has 1 amide bonds. The van der Waals surface area contributed by atoms with Gasteiger partial charge in [-0.05, 0) is 31.6 Å². The molecule has 3 aliphatic rings. The van der Waals surface area contributed by atoms with Crippen molar-refractivity contribution in [1.82, 2.24) is 4.90 Å². The quantitative estimate of drug-likeness (QED) is 0.753. The number of amides is 1. The predicted molar refractivity (Wildman–Crippen MR) is 79.6 cm³/mol. The molecule has 0 unspecified atom stereocenters. The van der Waals surface area contributed by atoms with Crippen LogP contribution in [0.1, 0.15) is 25.7 Å². The molecule has 0 aromatic rings. The Kier molecular flexibility index (Phi) is 5.68. The lowest BCUT2D eigenvalue weighted by molar-refractivity contribution is -0.156. The van der Waals surface area contributed by atoms with Crippen molar-refractivity contribution in [3.8, 4) is 0 Å². The fraction of sp³-hybridized carbons (Fsp3) is 0.938. The van der Waals surface area contributed by atoms with Gasteiger partial charge in [0.05, 0.1) is 25.4 Å². The molecule has 3 atom stereocenters. The van der Waals surface area contributed by atoms with E-state index in [0.29, 0.717) is 19.1 Å². The van der Waals surface area contributed by atoms with Crippen molar-refractivity contribution in [3.63, 3.8) is 0 Å². The fourth-order valence-corrected chi connectivity index (χ4v) is 3.78. The summed E-state index contributed by atoms with van der Waals surface area (Å²) in [6.45, 7) is 3.88. The van der Waals surface area contributed by atoms with Gasteiger partial charge in [-0.25, -0.2) is 0 Å². The minimum atomic E-state index is 0.0226. The van der Waals surface area contributed by atoms with E-state index >= 15 is 0 Å². The first-order chi connectivity index (χ1) is 10.8. The van der Waals surface area contributed by atoms with Crippen LogP contribution in [-0.4, -0.2) is 75.7 Å². The molecular weight excluding hydrogens is 286 g/mol. The van der Waals surface area contributed by atoms with E-state index in [4.69, 9.17) is 18.9 Å². The number of morpholine rings is 1. The Morgan fingerprint density at radius 2 is 2.00 bits per heavy atom. The van der Waals surface area contributed by atoms with E-state index in [9.17, 15) is 4.79 Å². The highest BCUT2D eigenvalue weighted by molar-refractivity contribution is 5.78. The molecule has 0 bridgehead atoms. The number of carbonyl (C=O) groups excluding carboxylic acids is 1. The summed E-state index contributed by atoms with van der Waals surface area (Å²) >= 11 is 0. The molecule has 6 nitrogen and oxygen atoms in total. The molecule has 0 spiro atoms. The van der Waals surface area contributed by atoms with Crippen LogP contribution in [0.3, 0.4) is 0 Å². The summed E-state index contributed by atoms with van der Waals surface area (Å²) in [5.41, 5.74) is 0. The van der Waals surface area contributed by atoms with Crippen LogP contribution in [0.25, 0.3) is 0 Å². The first-order valence-corrected chi connectivity index (χ1v) is 8.39. The van der Waals surface area contributed by atoms with Crippen LogP contribution >= 0.6 is 0 Å². The first-order valence-electron chi connectivity index (χ1n) is 8.39. The number of fused-ring (bicyclic) bond motifs is 1. The minimum absolute atomic E-state index is 0.0226. The van der Waals surface area contributed by atoms with Gasteiger partial charge in [0, 0.05) is 26.9 Å². The monoisotopic (exact) mass is 313 g/mol. The van der Waals surface area contributed by atoms with E-state index in [-0.39, 0.29) is 30.8 Å². The highest BCUT2D eigenvalue weighted by Crippen LogP contribution is 2.33. The number of nitrogens with zero attached hydrogens (tertiary/aromatic N) is 1. The molecular formula is C16H27NO5. The molecule has 6 heteroatoms. The van der Waals surface area contributed by atoms with Gasteiger partial charge in [0.2, 0.25) is 5.91 Å². The molecule has 22 heavy (non-hydrogen) atoms. The van der Waals surface area contributed by atoms with E-state index in [2.05, 4.69) is 0 Å². The molecule has 3 rings (SSSR count). The van der Waals surface area contributed by atoms with Crippen LogP contribution < -0.4 is 0 Å². The zero-order valence-electron chi connectivity index (χ0n) is 13.4. The minimum Gasteiger partial charge on any atom is -0.381 e. The second-order valence-corrected chi connectivity index (χ2v) is 6.43. The molecule has 0 radical (unpaired) electrons. The third-order valence-corrected chi connectivity index (χ3v) is 5.01. The fourth-order valence-electron chi connectivity index (χ4n) is 3.78. The number of methoxy groups -OCH3 is 1. The van der Waals surface area contributed by atoms with Crippen molar-refractivity contribution in [2.75, 3.05) is 46.7 Å². The maximum Gasteiger partial charge on any atom is 0.248 e. The van der Waals surface area contributed by atoms with Crippen molar-refractivity contribution >= 4 is 5.91 Å². The summed E-state index contributed by atoms with van der Waals surface area (Å²) in [5, 5.41) is 0. The Morgan fingerprint density at radius 3 is 2.77 bits per heavy atom. The van der Waals surface area contributed by atoms with E-state index in [0.717, 1.165) is 45.5 Å². The maximum absolute atomic E-state index is 12.1. The van der Waals surface area contributed by atoms with Crippen LogP contribution in [0.2, 0.25) is 0 Å². The molecule has 3 fully saturated rings. The van der Waals surface area contributed by atoms with Crippen molar-refractivity contribution in [2.45, 2.75) is 43.9 Å². The summed E-state index contributed by atoms with van der Waals surface area (Å²) in [6.07, 6.45) is 4.23. The van der Waals surface area contributed by atoms with Gasteiger partial charge >= 0.3 is 0 Å². The molecule has 0 aromatic carbocycles. The average molecular weight is 313 g/mol. The smallest absolute Gasteiger partial charge is 0.248 e. The molecule has 0 N–H and O–H groups in total. The van der Waals surface area contributed by atoms with Gasteiger partial charge in [-0.2, -0.15) is 0 Å². The summed E-state index contributed by atoms with van der Waals surface area (Å²) in [6, 6.07) is 0.149. The number of rotatable bonds is 5. The normalized spacial score (nSPS) is 33.0. The molecule has 2 heterocycles. The second kappa shape index (κ2) is 7.73. The summed E-state index contributed by atoms with van der Waals surface area (Å²) in [4.78, 5) is 14.1. The molecule has 0 aromatic heterocycles. The second-order valence-electron chi connectivity index (χ2n) is 6.43. The van der Waals surface area contributed by atoms with Crippen LogP contribution in [0.4, 0.5) is 0 Å².